The van der Waals surface area contributed by atoms with Crippen molar-refractivity contribution < 1.29 is 14.4 Å². The average molecular weight is 376 g/mol. The van der Waals surface area contributed by atoms with Crippen LogP contribution in [0.3, 0.4) is 0 Å². The summed E-state index contributed by atoms with van der Waals surface area (Å²) in [7, 11) is -2.63. The van der Waals surface area contributed by atoms with Crippen LogP contribution in [0.1, 0.15) is 27.7 Å². The van der Waals surface area contributed by atoms with Crippen molar-refractivity contribution in [2.75, 3.05) is 17.7 Å². The van der Waals surface area contributed by atoms with Crippen molar-refractivity contribution in [1.82, 2.24) is 5.32 Å². The Morgan fingerprint density at radius 3 is 2.69 bits per heavy atom. The Kier molecular flexibility index (Phi) is 4.41. The number of nitrogens with zero attached hydrogens (tertiary/aromatic N) is 1. The average Bonchev–Trinajstić information content (AvgIpc) is 2.83. The van der Waals surface area contributed by atoms with Gasteiger partial charge in [-0.2, -0.15) is 0 Å². The minimum absolute atomic E-state index is 0.0179. The number of nitrogen functional groups attached to an aromatic ring is 1. The number of amides is 1. The fourth-order valence-corrected chi connectivity index (χ4v) is 5.19. The summed E-state index contributed by atoms with van der Waals surface area (Å²) < 4.78 is 10.5. The molecule has 2 aliphatic heterocycles. The number of nitrogens with two attached hydrogens (primary N) is 1. The quantitative estimate of drug-likeness (QED) is 0.478. The van der Waals surface area contributed by atoms with Crippen LogP contribution in [0, 0.1) is 5.41 Å². The molecule has 0 saturated heterocycles. The van der Waals surface area contributed by atoms with Crippen molar-refractivity contribution in [1.29, 1.82) is 0 Å². The van der Waals surface area contributed by atoms with Gasteiger partial charge in [0.15, 0.2) is 0 Å². The normalized spacial score (nSPS) is 25.5. The molecular weight excluding hydrogens is 351 g/mol. The van der Waals surface area contributed by atoms with Gasteiger partial charge in [-0.15, -0.1) is 0 Å². The van der Waals surface area contributed by atoms with E-state index in [4.69, 9.17) is 10.3 Å². The summed E-state index contributed by atoms with van der Waals surface area (Å²) in [5.74, 6) is -0.105. The molecule has 0 aromatic heterocycles. The number of nitrogens with one attached hydrogen (secondary N) is 2. The molecule has 26 heavy (non-hydrogen) atoms. The standard InChI is InChI=1S/C18H25N4O3P/c1-6-25-26(5)12-9-10(19)7-8-11(12)20-16(22-26)13-14(23)15(18(2,3)4)21-17(13)24/h7-9,15,23H,5-6,19H2,1-4H3,(H,20,22)(H,21,24)/t15-,26?/m1/s1. The Balaban J connectivity index is 2.14. The van der Waals surface area contributed by atoms with Crippen LogP contribution in [0.2, 0.25) is 0 Å². The van der Waals surface area contributed by atoms with Crippen LogP contribution in [-0.4, -0.2) is 35.8 Å². The molecule has 2 heterocycles. The van der Waals surface area contributed by atoms with Gasteiger partial charge in [-0.25, -0.2) is 4.76 Å². The Bertz CT molecular complexity index is 883. The lowest BCUT2D eigenvalue weighted by Gasteiger charge is -2.29. The number of carbonyl (C=O) groups excluding carboxylic acids is 1. The molecule has 2 atom stereocenters. The van der Waals surface area contributed by atoms with Crippen LogP contribution >= 0.6 is 7.26 Å². The van der Waals surface area contributed by atoms with E-state index in [1.807, 2.05) is 33.8 Å². The molecule has 0 radical (unpaired) electrons. The van der Waals surface area contributed by atoms with Gasteiger partial charge in [0.1, 0.15) is 24.4 Å². The molecule has 1 aromatic rings. The minimum atomic E-state index is -2.63. The zero-order valence-electron chi connectivity index (χ0n) is 15.5. The molecule has 0 saturated carbocycles. The Morgan fingerprint density at radius 1 is 1.42 bits per heavy atom. The number of aliphatic hydroxyl groups is 1. The lowest BCUT2D eigenvalue weighted by molar-refractivity contribution is -0.117. The van der Waals surface area contributed by atoms with Crippen molar-refractivity contribution in [2.24, 2.45) is 10.2 Å². The molecule has 1 aromatic carbocycles. The molecule has 3 rings (SSSR count). The number of fused-ring (bicyclic) bond motifs is 1. The second-order valence-corrected chi connectivity index (χ2v) is 9.85. The highest BCUT2D eigenvalue weighted by Crippen LogP contribution is 2.52. The molecule has 0 aliphatic carbocycles. The highest BCUT2D eigenvalue weighted by atomic mass is 31.2. The van der Waals surface area contributed by atoms with Crippen LogP contribution in [0.15, 0.2) is 34.3 Å². The molecule has 1 unspecified atom stereocenters. The van der Waals surface area contributed by atoms with Crippen LogP contribution in [0.5, 0.6) is 0 Å². The molecule has 5 N–H and O–H groups in total. The summed E-state index contributed by atoms with van der Waals surface area (Å²) in [6.07, 6.45) is 4.21. The van der Waals surface area contributed by atoms with Gasteiger partial charge in [0.05, 0.1) is 18.3 Å². The monoisotopic (exact) mass is 376 g/mol. The number of anilines is 2. The van der Waals surface area contributed by atoms with Gasteiger partial charge in [0.25, 0.3) is 5.91 Å². The fourth-order valence-electron chi connectivity index (χ4n) is 3.12. The SMILES string of the molecule is C=P1(OCC)N=C(C2=C(O)[C@H](C(C)(C)C)NC2=O)Nc2ccc(N)cc21. The number of rotatable bonds is 3. The van der Waals surface area contributed by atoms with Crippen molar-refractivity contribution in [3.63, 3.8) is 0 Å². The molecule has 0 fully saturated rings. The van der Waals surface area contributed by atoms with Crippen LogP contribution in [0.25, 0.3) is 0 Å². The maximum atomic E-state index is 12.6. The van der Waals surface area contributed by atoms with Crippen LogP contribution in [0.4, 0.5) is 11.4 Å². The molecular formula is C18H25N4O3P. The van der Waals surface area contributed by atoms with Gasteiger partial charge in [-0.05, 0) is 30.5 Å². The molecule has 8 heteroatoms. The summed E-state index contributed by atoms with van der Waals surface area (Å²) in [5.41, 5.74) is 7.03. The third-order valence-electron chi connectivity index (χ3n) is 4.39. The van der Waals surface area contributed by atoms with Crippen molar-refractivity contribution >= 4 is 42.0 Å². The molecule has 2 aliphatic rings. The Morgan fingerprint density at radius 2 is 2.12 bits per heavy atom. The smallest absolute Gasteiger partial charge is 0.259 e. The van der Waals surface area contributed by atoms with Gasteiger partial charge in [-0.3, -0.25) is 4.79 Å². The van der Waals surface area contributed by atoms with E-state index in [9.17, 15) is 9.90 Å². The number of aliphatic hydroxyl groups excluding tert-OH is 1. The summed E-state index contributed by atoms with van der Waals surface area (Å²) in [6, 6.07) is 4.88. The van der Waals surface area contributed by atoms with E-state index in [1.165, 1.54) is 0 Å². The predicted octanol–water partition coefficient (Wildman–Crippen LogP) is 2.39. The van der Waals surface area contributed by atoms with Gasteiger partial charge in [-0.1, -0.05) is 27.1 Å². The number of hydrogen-bond acceptors (Lipinski definition) is 6. The van der Waals surface area contributed by atoms with Gasteiger partial charge in [0.2, 0.25) is 0 Å². The lowest BCUT2D eigenvalue weighted by Crippen LogP contribution is -2.39. The number of amidine groups is 1. The largest absolute Gasteiger partial charge is 0.509 e. The topological polar surface area (TPSA) is 109 Å². The fraction of sp³-hybridized carbons (Fsp3) is 0.389. The van der Waals surface area contributed by atoms with E-state index in [1.54, 1.807) is 12.1 Å². The van der Waals surface area contributed by atoms with Crippen molar-refractivity contribution in [3.8, 4) is 0 Å². The zero-order chi connectivity index (χ0) is 19.3. The highest BCUT2D eigenvalue weighted by Gasteiger charge is 2.42. The van der Waals surface area contributed by atoms with Gasteiger partial charge in [0, 0.05) is 11.0 Å². The van der Waals surface area contributed by atoms with E-state index >= 15 is 0 Å². The second-order valence-electron chi connectivity index (χ2n) is 7.50. The minimum Gasteiger partial charge on any atom is -0.509 e. The van der Waals surface area contributed by atoms with E-state index in [-0.39, 0.29) is 28.5 Å². The summed E-state index contributed by atoms with van der Waals surface area (Å²) in [4.78, 5) is 12.6. The van der Waals surface area contributed by atoms with E-state index in [0.717, 1.165) is 11.0 Å². The van der Waals surface area contributed by atoms with Crippen molar-refractivity contribution in [3.05, 3.63) is 29.5 Å². The summed E-state index contributed by atoms with van der Waals surface area (Å²) in [5, 5.41) is 17.5. The van der Waals surface area contributed by atoms with Crippen molar-refractivity contribution in [2.45, 2.75) is 33.7 Å². The Labute approximate surface area is 153 Å². The first-order valence-corrected chi connectivity index (χ1v) is 10.3. The number of hydrogen-bond donors (Lipinski definition) is 4. The number of carbonyl (C=O) groups is 1. The summed E-state index contributed by atoms with van der Waals surface area (Å²) in [6.45, 7) is 8.13. The first-order chi connectivity index (χ1) is 12.1. The highest BCUT2D eigenvalue weighted by molar-refractivity contribution is 7.75. The summed E-state index contributed by atoms with van der Waals surface area (Å²) >= 11 is 0. The zero-order valence-corrected chi connectivity index (χ0v) is 16.4. The maximum Gasteiger partial charge on any atom is 0.259 e. The van der Waals surface area contributed by atoms with Gasteiger partial charge >= 0.3 is 0 Å². The van der Waals surface area contributed by atoms with Crippen LogP contribution in [-0.2, 0) is 9.32 Å². The first-order valence-electron chi connectivity index (χ1n) is 8.46. The van der Waals surface area contributed by atoms with E-state index in [2.05, 4.69) is 21.7 Å². The van der Waals surface area contributed by atoms with E-state index < -0.39 is 13.3 Å². The maximum absolute atomic E-state index is 12.6. The van der Waals surface area contributed by atoms with Crippen LogP contribution < -0.4 is 21.7 Å². The molecule has 0 spiro atoms. The predicted molar refractivity (Wildman–Crippen MR) is 108 cm³/mol. The number of benzene rings is 1. The van der Waals surface area contributed by atoms with E-state index in [0.29, 0.717) is 12.3 Å². The molecule has 0 bridgehead atoms. The Hall–Kier alpha value is -2.24. The third-order valence-corrected chi connectivity index (χ3v) is 6.72. The molecule has 7 nitrogen and oxygen atoms in total. The third kappa shape index (κ3) is 3.02. The van der Waals surface area contributed by atoms with Gasteiger partial charge < -0.3 is 26.0 Å². The first kappa shape index (κ1) is 18.5. The molecule has 1 amide bonds. The second kappa shape index (κ2) is 6.18. The lowest BCUT2D eigenvalue weighted by atomic mass is 9.86. The molecule has 140 valence electrons.